The molecule has 118 heavy (non-hydrogen) atoms. The largest absolute Gasteiger partial charge is 0.370 e. The van der Waals surface area contributed by atoms with Gasteiger partial charge in [0.1, 0.15) is 66.5 Å². The Morgan fingerprint density at radius 1 is 0.415 bits per heavy atom. The molecule has 1 aliphatic heterocycles. The van der Waals surface area contributed by atoms with Crippen LogP contribution in [-0.2, 0) is 76.8 Å². The van der Waals surface area contributed by atoms with Crippen LogP contribution in [0.15, 0.2) is 91.1 Å². The van der Waals surface area contributed by atoms with E-state index in [1.807, 2.05) is 12.1 Å². The van der Waals surface area contributed by atoms with E-state index in [9.17, 15) is 14.0 Å². The number of nitrogens with one attached hydrogen (secondary N) is 20. The quantitative estimate of drug-likeness (QED) is 0.0158. The number of aromatic nitrogens is 1. The van der Waals surface area contributed by atoms with Crippen LogP contribution in [0, 0.1) is 44.6 Å². The smallest absolute Gasteiger partial charge is 0.243 e. The molecule has 37 nitrogen and oxygen atoms in total. The molecule has 0 bridgehead atoms. The van der Waals surface area contributed by atoms with Gasteiger partial charge in [0.05, 0.1) is 0 Å². The van der Waals surface area contributed by atoms with Gasteiger partial charge in [0.25, 0.3) is 0 Å². The Hall–Kier alpha value is -12.7. The molecule has 39 heteroatoms. The molecule has 0 saturated carbocycles. The van der Waals surface area contributed by atoms with E-state index in [1.54, 1.807) is 102 Å². The van der Waals surface area contributed by atoms with Crippen molar-refractivity contribution in [2.45, 2.75) is 211 Å². The van der Waals surface area contributed by atoms with Crippen LogP contribution in [0.3, 0.4) is 0 Å². The summed E-state index contributed by atoms with van der Waals surface area (Å²) in [6.45, 7) is 9.69. The summed E-state index contributed by atoms with van der Waals surface area (Å²) < 4.78 is 29.9. The lowest BCUT2D eigenvalue weighted by atomic mass is 9.85. The van der Waals surface area contributed by atoms with Crippen LogP contribution >= 0.6 is 0 Å². The highest BCUT2D eigenvalue weighted by Crippen LogP contribution is 2.25. The first-order valence-electron chi connectivity index (χ1n) is 39.3. The predicted molar refractivity (Wildman–Crippen MR) is 440 cm³/mol. The minimum atomic E-state index is -1.82. The molecule has 1 fully saturated rings. The topological polar surface area (TPSA) is 627 Å². The van der Waals surface area contributed by atoms with Crippen molar-refractivity contribution in [2.75, 3.05) is 26.2 Å². The zero-order valence-corrected chi connectivity index (χ0v) is 67.3. The number of carbonyl (C=O) groups is 12. The first-order valence-corrected chi connectivity index (χ1v) is 39.3. The third-order valence-corrected chi connectivity index (χ3v) is 19.6. The molecule has 0 radical (unpaired) electrons. The van der Waals surface area contributed by atoms with Crippen molar-refractivity contribution >= 4 is 116 Å². The normalized spacial score (nSPS) is 21.6. The van der Waals surface area contributed by atoms with Gasteiger partial charge in [0.15, 0.2) is 35.5 Å². The first-order chi connectivity index (χ1) is 55.9. The number of carbonyl (C=O) groups excluding carboxylic acids is 12. The SMILES string of the molecule is CCCC[C@H]1NC(=O)[C@H](Cc2ccc(F)c(F)c2)NC(=O)[C@H](CCCNC(=N)N)NC(=O)[C@@H](Cc2ccc3ccccc3c2)NC(=O)[C@H](CCCNC(=N)N)NC(=O)[C@H](CCCNC(=N)N)NC(=O)[C@H](CCCNC(=N)N)NC(=O)[C@H](C(C)C)NC(=O)[C@H](C(C)(C)C)NC(=O)[C@H](Cc2c[nH]c3ccccc23)NC(=O)[C@H](CCC(N)=O)NC1=O. The molecule has 12 amide bonds. The first kappa shape index (κ1) is 94.1. The van der Waals surface area contributed by atoms with E-state index in [0.29, 0.717) is 28.5 Å². The van der Waals surface area contributed by atoms with Crippen molar-refractivity contribution in [2.24, 2.45) is 40.0 Å². The number of rotatable bonds is 29. The van der Waals surface area contributed by atoms with Crippen LogP contribution in [0.4, 0.5) is 8.78 Å². The fourth-order valence-corrected chi connectivity index (χ4v) is 13.2. The molecular weight excluding hydrogens is 1530 g/mol. The molecule has 5 aromatic rings. The summed E-state index contributed by atoms with van der Waals surface area (Å²) in [7, 11) is 0. The Kier molecular flexibility index (Phi) is 36.8. The second-order valence-electron chi connectivity index (χ2n) is 30.6. The summed E-state index contributed by atoms with van der Waals surface area (Å²) in [5, 5.41) is 73.7. The fourth-order valence-electron chi connectivity index (χ4n) is 13.2. The zero-order chi connectivity index (χ0) is 86.9. The van der Waals surface area contributed by atoms with Crippen LogP contribution < -0.4 is 108 Å². The van der Waals surface area contributed by atoms with Crippen LogP contribution in [0.1, 0.15) is 142 Å². The highest BCUT2D eigenvalue weighted by Gasteiger charge is 2.41. The minimum Gasteiger partial charge on any atom is -0.370 e. The summed E-state index contributed by atoms with van der Waals surface area (Å²) in [5.41, 5.74) is 28.5. The maximum Gasteiger partial charge on any atom is 0.243 e. The van der Waals surface area contributed by atoms with E-state index in [1.165, 1.54) is 0 Å². The average molecular weight is 1640 g/mol. The molecule has 0 spiro atoms. The van der Waals surface area contributed by atoms with Crippen molar-refractivity contribution in [1.82, 2.24) is 84.7 Å². The molecule has 1 saturated heterocycles. The van der Waals surface area contributed by atoms with Gasteiger partial charge in [-0.15, -0.1) is 0 Å². The molecule has 30 N–H and O–H groups in total. The zero-order valence-electron chi connectivity index (χ0n) is 67.3. The number of H-pyrrole nitrogens is 1. The third-order valence-electron chi connectivity index (χ3n) is 19.6. The number of nitrogens with two attached hydrogens (primary N) is 5. The van der Waals surface area contributed by atoms with E-state index in [-0.39, 0.29) is 109 Å². The summed E-state index contributed by atoms with van der Waals surface area (Å²) in [5.74, 6) is -17.0. The molecule has 11 atom stereocenters. The second-order valence-corrected chi connectivity index (χ2v) is 30.6. The Labute approximate surface area is 682 Å². The molecule has 0 aliphatic carbocycles. The van der Waals surface area contributed by atoms with Crippen LogP contribution in [-0.4, -0.2) is 192 Å². The molecule has 2 heterocycles. The van der Waals surface area contributed by atoms with Crippen molar-refractivity contribution in [3.05, 3.63) is 119 Å². The number of fused-ring (bicyclic) bond motifs is 2. The van der Waals surface area contributed by atoms with Gasteiger partial charge in [0.2, 0.25) is 70.9 Å². The van der Waals surface area contributed by atoms with E-state index >= 15 is 52.3 Å². The highest BCUT2D eigenvalue weighted by molar-refractivity contribution is 6.01. The number of benzene rings is 4. The lowest BCUT2D eigenvalue weighted by Crippen LogP contribution is -2.63. The average Bonchev–Trinajstić information content (AvgIpc) is 1.09. The number of unbranched alkanes of at least 4 members (excludes halogenated alkanes) is 1. The number of guanidine groups is 4. The van der Waals surface area contributed by atoms with Crippen LogP contribution in [0.2, 0.25) is 0 Å². The Bertz CT molecular complexity index is 4400. The number of hydrogen-bond acceptors (Lipinski definition) is 16. The molecule has 1 aromatic heterocycles. The number of halogens is 2. The van der Waals surface area contributed by atoms with Gasteiger partial charge >= 0.3 is 0 Å². The van der Waals surface area contributed by atoms with Gasteiger partial charge in [-0.1, -0.05) is 121 Å². The van der Waals surface area contributed by atoms with E-state index in [2.05, 4.69) is 84.7 Å². The molecule has 4 aromatic carbocycles. The Morgan fingerprint density at radius 2 is 0.780 bits per heavy atom. The lowest BCUT2D eigenvalue weighted by Gasteiger charge is -2.34. The van der Waals surface area contributed by atoms with Crippen molar-refractivity contribution in [3.8, 4) is 0 Å². The molecule has 0 unspecified atom stereocenters. The van der Waals surface area contributed by atoms with Gasteiger partial charge in [0, 0.05) is 69.0 Å². The summed E-state index contributed by atoms with van der Waals surface area (Å²) >= 11 is 0. The maximum atomic E-state index is 15.5. The fraction of sp³-hybridized carbons (Fsp3) is 0.494. The number of amides is 12. The van der Waals surface area contributed by atoms with Gasteiger partial charge in [-0.25, -0.2) is 8.78 Å². The maximum absolute atomic E-state index is 15.5. The van der Waals surface area contributed by atoms with E-state index in [4.69, 9.17) is 50.3 Å². The number of para-hydroxylation sites is 1. The van der Waals surface area contributed by atoms with Crippen molar-refractivity contribution in [1.29, 1.82) is 21.6 Å². The summed E-state index contributed by atoms with van der Waals surface area (Å²) in [6, 6.07) is 4.37. The van der Waals surface area contributed by atoms with Crippen molar-refractivity contribution in [3.63, 3.8) is 0 Å². The van der Waals surface area contributed by atoms with Gasteiger partial charge in [-0.05, 0) is 121 Å². The van der Waals surface area contributed by atoms with Crippen LogP contribution in [0.5, 0.6) is 0 Å². The lowest BCUT2D eigenvalue weighted by molar-refractivity contribution is -0.137. The van der Waals surface area contributed by atoms with Crippen LogP contribution in [0.25, 0.3) is 21.7 Å². The highest BCUT2D eigenvalue weighted by atomic mass is 19.2. The standard InChI is InChI=1S/C79H115F2N25O12/c1-7-8-20-52-64(108)100-57(30-31-61(82)107)69(113)104-60(40-47-41-95-51-21-12-11-19-48(47)51)72(116)106-63(79(4,5)6)74(118)105-62(42(2)3)73(117)101-56(25-16-35-94-78(89)90)66(110)96-53(22-13-32-91-75(83)84)65(109)97-54(23-14-33-92-76(85)86)67(111)102-58(38-43-26-28-45-17-9-10-18-46(45)36-43)70(114)99-55(24-15-34-93-77(87)88)68(112)103-59(71(115)98-52)39-44-27-29-49(80)50(81)37-44/h9-12,17-19,21,26-29,36-37,41-42,52-60,62-63,95H,7-8,13-16,20,22-25,30-35,38-40H2,1-6H3,(H2,82,107)(H,96,110)(H,97,109)(H,98,115)(H,99,114)(H,100,108)(H,101,117)(H,102,111)(H,103,112)(H,104,113)(H,105,118)(H,106,116)(H4,83,84,91)(H4,85,86,92)(H4,87,88,93)(H4,89,90,94)/t52-,53+,54+,55+,56+,57+,58-,59+,60+,62+,63-/m1/s1. The van der Waals surface area contributed by atoms with E-state index in [0.717, 1.165) is 29.0 Å². The third kappa shape index (κ3) is 30.8. The number of aromatic amines is 1. The Morgan fingerprint density at radius 3 is 1.19 bits per heavy atom. The number of hydrogen-bond donors (Lipinski definition) is 25. The molecule has 1 aliphatic rings. The monoisotopic (exact) mass is 1640 g/mol. The van der Waals surface area contributed by atoms with Gasteiger partial charge in [-0.2, -0.15) is 0 Å². The van der Waals surface area contributed by atoms with Crippen molar-refractivity contribution < 1.29 is 66.3 Å². The van der Waals surface area contributed by atoms with Gasteiger partial charge < -0.3 is 113 Å². The molecular formula is C79H115F2N25O12. The Balaban J connectivity index is 1.57. The minimum absolute atomic E-state index is 0.000456. The summed E-state index contributed by atoms with van der Waals surface area (Å²) in [6.07, 6.45) is -1.00. The van der Waals surface area contributed by atoms with Gasteiger partial charge in [-0.3, -0.25) is 79.2 Å². The molecule has 642 valence electrons. The molecule has 6 rings (SSSR count). The predicted octanol–water partition coefficient (Wildman–Crippen LogP) is -0.816. The van der Waals surface area contributed by atoms with E-state index < -0.39 is 203 Å². The number of primary amides is 1. The summed E-state index contributed by atoms with van der Waals surface area (Å²) in [4.78, 5) is 183. The second kappa shape index (κ2) is 46.1.